The minimum atomic E-state index is 0.706. The van der Waals surface area contributed by atoms with Gasteiger partial charge in [0.1, 0.15) is 0 Å². The Kier molecular flexibility index (Phi) is 65.2. The fourth-order valence-corrected chi connectivity index (χ4v) is 1.01. The lowest BCUT2D eigenvalue weighted by molar-refractivity contribution is 0.0654. The van der Waals surface area contributed by atoms with Crippen molar-refractivity contribution >= 4 is 0 Å². The summed E-state index contributed by atoms with van der Waals surface area (Å²) in [7, 11) is 5.86. The molecule has 0 heterocycles. The Morgan fingerprint density at radius 3 is 1.50 bits per heavy atom. The van der Waals surface area contributed by atoms with Gasteiger partial charge in [-0.05, 0) is 39.4 Å². The number of rotatable bonds is 8. The topological polar surface area (TPSA) is 21.7 Å². The maximum atomic E-state index is 5.26. The first-order valence-electron chi connectivity index (χ1n) is 9.25. The number of methoxy groups -OCH3 is 1. The molecule has 0 fully saturated rings. The molecule has 0 atom stereocenters. The summed E-state index contributed by atoms with van der Waals surface area (Å²) in [6.07, 6.45) is 2.40. The fourth-order valence-electron chi connectivity index (χ4n) is 1.01. The number of nitrogens with zero attached hydrogens (tertiary/aromatic N) is 1. The first kappa shape index (κ1) is 33.5. The molecule has 0 aromatic rings. The Morgan fingerprint density at radius 2 is 1.27 bits per heavy atom. The van der Waals surface area contributed by atoms with Gasteiger partial charge < -0.3 is 14.4 Å². The van der Waals surface area contributed by atoms with E-state index in [2.05, 4.69) is 39.8 Å². The summed E-state index contributed by atoms with van der Waals surface area (Å²) in [6, 6.07) is 0. The van der Waals surface area contributed by atoms with Crippen LogP contribution in [-0.2, 0) is 9.47 Å². The molecule has 0 radical (unpaired) electrons. The fraction of sp³-hybridized carbons (Fsp3) is 1.00. The van der Waals surface area contributed by atoms with Crippen molar-refractivity contribution in [3.8, 4) is 0 Å². The van der Waals surface area contributed by atoms with Crippen molar-refractivity contribution in [2.24, 2.45) is 5.92 Å². The third kappa shape index (κ3) is 72.6. The van der Waals surface area contributed by atoms with Crippen LogP contribution in [0.5, 0.6) is 0 Å². The molecule has 3 nitrogen and oxygen atoms in total. The molecule has 0 aliphatic carbocycles. The van der Waals surface area contributed by atoms with E-state index in [9.17, 15) is 0 Å². The Hall–Kier alpha value is -0.120. The van der Waals surface area contributed by atoms with Crippen molar-refractivity contribution in [2.75, 3.05) is 47.6 Å². The van der Waals surface area contributed by atoms with Crippen LogP contribution in [0.2, 0.25) is 0 Å². The minimum Gasteiger partial charge on any atom is -0.382 e. The van der Waals surface area contributed by atoms with Crippen molar-refractivity contribution in [2.45, 2.75) is 75.2 Å². The second kappa shape index (κ2) is 42.8. The molecule has 0 aliphatic heterocycles. The van der Waals surface area contributed by atoms with Crippen LogP contribution in [0.25, 0.3) is 0 Å². The van der Waals surface area contributed by atoms with Crippen molar-refractivity contribution in [3.05, 3.63) is 0 Å². The van der Waals surface area contributed by atoms with E-state index in [1.54, 1.807) is 7.11 Å². The van der Waals surface area contributed by atoms with E-state index in [-0.39, 0.29) is 0 Å². The normalized spacial score (nSPS) is 8.45. The summed E-state index contributed by atoms with van der Waals surface area (Å²) in [6.45, 7) is 22.1. The van der Waals surface area contributed by atoms with Gasteiger partial charge in [-0.1, -0.05) is 62.3 Å². The molecule has 142 valence electrons. The first-order valence-corrected chi connectivity index (χ1v) is 9.25. The van der Waals surface area contributed by atoms with Crippen LogP contribution in [0, 0.1) is 5.92 Å². The monoisotopic (exact) mass is 323 g/mol. The highest BCUT2D eigenvalue weighted by Gasteiger charge is 1.92. The van der Waals surface area contributed by atoms with Crippen LogP contribution in [0.3, 0.4) is 0 Å². The van der Waals surface area contributed by atoms with Gasteiger partial charge in [0.15, 0.2) is 0 Å². The Labute approximate surface area is 143 Å². The second-order valence-electron chi connectivity index (χ2n) is 4.59. The number of ether oxygens (including phenoxy) is 2. The summed E-state index contributed by atoms with van der Waals surface area (Å²) in [5, 5.41) is 0. The van der Waals surface area contributed by atoms with Crippen molar-refractivity contribution in [1.29, 1.82) is 0 Å². The molecule has 0 N–H and O–H groups in total. The molecule has 0 amide bonds. The van der Waals surface area contributed by atoms with Crippen LogP contribution in [0.15, 0.2) is 0 Å². The summed E-state index contributed by atoms with van der Waals surface area (Å²) in [5.74, 6) is 0.738. The second-order valence-corrected chi connectivity index (χ2v) is 4.59. The van der Waals surface area contributed by atoms with E-state index < -0.39 is 0 Å². The van der Waals surface area contributed by atoms with Gasteiger partial charge in [-0.15, -0.1) is 0 Å². The molecule has 0 unspecified atom stereocenters. The maximum absolute atomic E-state index is 5.26. The third-order valence-electron chi connectivity index (χ3n) is 1.94. The Morgan fingerprint density at radius 1 is 0.818 bits per heavy atom. The van der Waals surface area contributed by atoms with E-state index in [4.69, 9.17) is 9.47 Å². The minimum absolute atomic E-state index is 0.706. The van der Waals surface area contributed by atoms with Crippen LogP contribution < -0.4 is 0 Å². The molecule has 0 aliphatic rings. The van der Waals surface area contributed by atoms with Crippen LogP contribution in [-0.4, -0.2) is 52.5 Å². The smallest absolute Gasteiger partial charge is 0.0700 e. The Bertz CT molecular complexity index is 118. The molecular weight excluding hydrogens is 274 g/mol. The van der Waals surface area contributed by atoms with Gasteiger partial charge in [-0.3, -0.25) is 0 Å². The first-order chi connectivity index (χ1) is 10.5. The molecule has 0 saturated heterocycles. The van der Waals surface area contributed by atoms with Gasteiger partial charge in [0.25, 0.3) is 0 Å². The zero-order valence-electron chi connectivity index (χ0n) is 18.1. The van der Waals surface area contributed by atoms with Crippen molar-refractivity contribution < 1.29 is 9.47 Å². The summed E-state index contributed by atoms with van der Waals surface area (Å²) >= 11 is 0. The quantitative estimate of drug-likeness (QED) is 0.532. The van der Waals surface area contributed by atoms with Crippen LogP contribution in [0.1, 0.15) is 75.2 Å². The molecular formula is C19H49NO2. The zero-order chi connectivity index (χ0) is 18.8. The van der Waals surface area contributed by atoms with E-state index >= 15 is 0 Å². The molecule has 3 heteroatoms. The molecule has 0 aromatic heterocycles. The number of hydrogen-bond donors (Lipinski definition) is 0. The molecule has 0 aromatic carbocycles. The largest absolute Gasteiger partial charge is 0.382 e. The average molecular weight is 324 g/mol. The van der Waals surface area contributed by atoms with E-state index in [0.717, 1.165) is 25.6 Å². The predicted octanol–water partition coefficient (Wildman–Crippen LogP) is 5.73. The average Bonchev–Trinajstić information content (AvgIpc) is 2.53. The predicted molar refractivity (Wildman–Crippen MR) is 105 cm³/mol. The highest BCUT2D eigenvalue weighted by Crippen LogP contribution is 1.98. The SMILES string of the molecule is CC.CC.CC.CCCN(C)C.COCCOCCC(C)C. The summed E-state index contributed by atoms with van der Waals surface area (Å²) < 4.78 is 10.1. The van der Waals surface area contributed by atoms with Crippen LogP contribution >= 0.6 is 0 Å². The van der Waals surface area contributed by atoms with Crippen molar-refractivity contribution in [1.82, 2.24) is 4.90 Å². The Balaban J connectivity index is -0.0000000687. The van der Waals surface area contributed by atoms with Gasteiger partial charge in [0.05, 0.1) is 13.2 Å². The summed E-state index contributed by atoms with van der Waals surface area (Å²) in [5.41, 5.74) is 0. The number of hydrogen-bond acceptors (Lipinski definition) is 3. The van der Waals surface area contributed by atoms with Crippen LogP contribution in [0.4, 0.5) is 0 Å². The maximum Gasteiger partial charge on any atom is 0.0700 e. The van der Waals surface area contributed by atoms with Gasteiger partial charge in [-0.25, -0.2) is 0 Å². The molecule has 0 rings (SSSR count). The molecule has 0 spiro atoms. The van der Waals surface area contributed by atoms with Gasteiger partial charge in [0.2, 0.25) is 0 Å². The standard InChI is InChI=1S/C8H18O2.C5H13N.3C2H6/c1-8(2)4-5-10-7-6-9-3;1-4-5-6(2)3;3*1-2/h8H,4-7H2,1-3H3;4-5H2,1-3H3;3*1-2H3. The lowest BCUT2D eigenvalue weighted by Gasteiger charge is -2.04. The van der Waals surface area contributed by atoms with E-state index in [1.165, 1.54) is 13.0 Å². The highest BCUT2D eigenvalue weighted by atomic mass is 16.5. The molecule has 0 bridgehead atoms. The third-order valence-corrected chi connectivity index (χ3v) is 1.94. The molecule has 22 heavy (non-hydrogen) atoms. The van der Waals surface area contributed by atoms with Gasteiger partial charge in [0, 0.05) is 13.7 Å². The van der Waals surface area contributed by atoms with Crippen molar-refractivity contribution in [3.63, 3.8) is 0 Å². The summed E-state index contributed by atoms with van der Waals surface area (Å²) in [4.78, 5) is 2.18. The molecule has 0 saturated carbocycles. The zero-order valence-corrected chi connectivity index (χ0v) is 18.1. The van der Waals surface area contributed by atoms with E-state index in [0.29, 0.717) is 6.61 Å². The lowest BCUT2D eigenvalue weighted by Crippen LogP contribution is -2.11. The highest BCUT2D eigenvalue weighted by molar-refractivity contribution is 4.42. The van der Waals surface area contributed by atoms with Gasteiger partial charge in [-0.2, -0.15) is 0 Å². The lowest BCUT2D eigenvalue weighted by atomic mass is 10.1. The van der Waals surface area contributed by atoms with Gasteiger partial charge >= 0.3 is 0 Å². The van der Waals surface area contributed by atoms with E-state index in [1.807, 2.05) is 41.5 Å².